The van der Waals surface area contributed by atoms with Crippen molar-refractivity contribution in [2.24, 2.45) is 11.3 Å². The van der Waals surface area contributed by atoms with Crippen LogP contribution in [0.1, 0.15) is 84.6 Å². The number of benzene rings is 1. The first-order valence-corrected chi connectivity index (χ1v) is 22.8. The maximum Gasteiger partial charge on any atom is 0.403 e. The summed E-state index contributed by atoms with van der Waals surface area (Å²) in [6.07, 6.45) is -5.74. The zero-order chi connectivity index (χ0) is 47.3. The summed E-state index contributed by atoms with van der Waals surface area (Å²) < 4.78 is 56.3. The molecule has 21 heteroatoms. The number of amides is 7. The lowest BCUT2D eigenvalue weighted by molar-refractivity contribution is -0.199. The van der Waals surface area contributed by atoms with Gasteiger partial charge in [-0.2, -0.15) is 13.2 Å². The third-order valence-electron chi connectivity index (χ3n) is 12.2. The number of hydrogen-bond acceptors (Lipinski definition) is 9. The summed E-state index contributed by atoms with van der Waals surface area (Å²) in [5.41, 5.74) is 0.334. The fourth-order valence-corrected chi connectivity index (χ4v) is 9.16. The quantitative estimate of drug-likeness (QED) is 0.242. The SMILES string of the molecule is CC[C@H](NC(=O)[C@@H]1C[C@@H](F)CN1C(=O)C1(C(F)(F)F)CC1)C(=O)N(C)[C@H]1CCCCNC(=O)[C@@H](C)NC(=O)[C@H](Cc2cc(Cl)ccc2-c2cncs2)N(C)C(=O)[C@H](CC(C)C)NC1=O. The molecule has 2 aliphatic heterocycles. The number of likely N-dealkylation sites (N-methyl/N-ethyl adjacent to an activating group) is 2. The lowest BCUT2D eigenvalue weighted by Crippen LogP contribution is -2.60. The average Bonchev–Trinajstić information content (AvgIpc) is 3.72. The molecule has 4 N–H and O–H groups in total. The van der Waals surface area contributed by atoms with Crippen molar-refractivity contribution in [3.8, 4) is 10.4 Å². The highest BCUT2D eigenvalue weighted by Crippen LogP contribution is 2.59. The predicted molar refractivity (Wildman–Crippen MR) is 230 cm³/mol. The Morgan fingerprint density at radius 2 is 1.78 bits per heavy atom. The van der Waals surface area contributed by atoms with E-state index in [1.807, 2.05) is 13.8 Å². The second-order valence-electron chi connectivity index (χ2n) is 17.4. The molecule has 15 nitrogen and oxygen atoms in total. The van der Waals surface area contributed by atoms with Gasteiger partial charge in [-0.05, 0) is 81.0 Å². The normalized spacial score (nSPS) is 25.3. The van der Waals surface area contributed by atoms with Crippen molar-refractivity contribution in [2.75, 3.05) is 27.2 Å². The summed E-state index contributed by atoms with van der Waals surface area (Å²) >= 11 is 7.81. The molecule has 0 bridgehead atoms. The number of halogens is 5. The van der Waals surface area contributed by atoms with Crippen LogP contribution in [0.4, 0.5) is 17.6 Å². The maximum atomic E-state index is 14.7. The van der Waals surface area contributed by atoms with E-state index < -0.39 is 121 Å². The van der Waals surface area contributed by atoms with E-state index in [-0.39, 0.29) is 38.1 Å². The number of rotatable bonds is 11. The van der Waals surface area contributed by atoms with Crippen LogP contribution in [0.15, 0.2) is 29.9 Å². The van der Waals surface area contributed by atoms with Crippen molar-refractivity contribution in [1.29, 1.82) is 0 Å². The number of nitrogens with one attached hydrogen (secondary N) is 4. The van der Waals surface area contributed by atoms with Crippen LogP contribution < -0.4 is 21.3 Å². The minimum atomic E-state index is -4.88. The van der Waals surface area contributed by atoms with E-state index in [2.05, 4.69) is 26.3 Å². The Morgan fingerprint density at radius 1 is 1.08 bits per heavy atom. The topological polar surface area (TPSA) is 190 Å². The molecule has 0 radical (unpaired) electrons. The Balaban J connectivity index is 1.41. The number of hydrogen-bond donors (Lipinski definition) is 4. The number of carbonyl (C=O) groups is 7. The molecule has 1 aromatic heterocycles. The first-order chi connectivity index (χ1) is 30.1. The summed E-state index contributed by atoms with van der Waals surface area (Å²) in [5, 5.41) is 11.2. The van der Waals surface area contributed by atoms with Crippen LogP contribution >= 0.6 is 22.9 Å². The molecule has 7 atom stereocenters. The zero-order valence-corrected chi connectivity index (χ0v) is 38.3. The number of thiazole rings is 1. The molecule has 2 saturated heterocycles. The van der Waals surface area contributed by atoms with E-state index in [1.54, 1.807) is 36.8 Å². The fraction of sp³-hybridized carbons (Fsp3) is 0.628. The number of likely N-dealkylation sites (tertiary alicyclic amines) is 1. The summed E-state index contributed by atoms with van der Waals surface area (Å²) in [6, 6.07) is -2.39. The minimum absolute atomic E-state index is 0.0372. The molecule has 0 spiro atoms. The van der Waals surface area contributed by atoms with Crippen molar-refractivity contribution >= 4 is 64.3 Å². The smallest absolute Gasteiger partial charge is 0.354 e. The molecule has 1 aromatic carbocycles. The Hall–Kier alpha value is -4.85. The van der Waals surface area contributed by atoms with Gasteiger partial charge in [0.25, 0.3) is 0 Å². The second kappa shape index (κ2) is 21.0. The minimum Gasteiger partial charge on any atom is -0.354 e. The van der Waals surface area contributed by atoms with Gasteiger partial charge in [-0.1, -0.05) is 38.4 Å². The number of alkyl halides is 4. The molecule has 1 aliphatic carbocycles. The van der Waals surface area contributed by atoms with Crippen LogP contribution in [0.2, 0.25) is 5.02 Å². The van der Waals surface area contributed by atoms with E-state index in [0.717, 1.165) is 15.3 Å². The Bertz CT molecular complexity index is 2060. The maximum absolute atomic E-state index is 14.7. The van der Waals surface area contributed by atoms with Crippen molar-refractivity contribution in [3.63, 3.8) is 0 Å². The Morgan fingerprint density at radius 3 is 2.39 bits per heavy atom. The van der Waals surface area contributed by atoms with Gasteiger partial charge in [-0.15, -0.1) is 11.3 Å². The molecule has 0 unspecified atom stereocenters. The predicted octanol–water partition coefficient (Wildman–Crippen LogP) is 4.17. The molecule has 3 aliphatic rings. The molecule has 5 rings (SSSR count). The zero-order valence-electron chi connectivity index (χ0n) is 36.7. The van der Waals surface area contributed by atoms with Gasteiger partial charge in [-0.25, -0.2) is 4.39 Å². The Kier molecular flexibility index (Phi) is 16.4. The standard InChI is InChI=1S/C43H57ClF4N8O7S/c1-7-29(52-38(60)33-19-27(45)21-56(33)41(63)42(13-14-42)43(46,47)48)39(61)54(5)31-10-8-9-15-50-35(57)24(4)51-37(59)32(55(6)40(62)30(16-23(2)3)53-36(31)58)18-25-17-26(44)11-12-28(25)34-20-49-22-64-34/h11-12,17,20,22-24,27,29-33H,7-10,13-16,18-19,21H2,1-6H3,(H,50,57)(H,51,59)(H,52,60)(H,53,58)/t24-,27-,29+,30+,31+,32+,33+/m1/s1. The highest BCUT2D eigenvalue weighted by Gasteiger charge is 2.70. The number of aromatic nitrogens is 1. The van der Waals surface area contributed by atoms with Crippen LogP contribution in [0, 0.1) is 11.3 Å². The van der Waals surface area contributed by atoms with Crippen molar-refractivity contribution in [3.05, 3.63) is 40.5 Å². The Labute approximate surface area is 378 Å². The summed E-state index contributed by atoms with van der Waals surface area (Å²) in [7, 11) is 2.76. The monoisotopic (exact) mass is 940 g/mol. The summed E-state index contributed by atoms with van der Waals surface area (Å²) in [5.74, 6) is -5.75. The van der Waals surface area contributed by atoms with Gasteiger partial charge >= 0.3 is 6.18 Å². The molecular formula is C43H57ClF4N8O7S. The molecule has 64 heavy (non-hydrogen) atoms. The lowest BCUT2D eigenvalue weighted by Gasteiger charge is -2.35. The van der Waals surface area contributed by atoms with Gasteiger partial charge in [0.15, 0.2) is 0 Å². The van der Waals surface area contributed by atoms with Crippen LogP contribution in [0.25, 0.3) is 10.4 Å². The van der Waals surface area contributed by atoms with Crippen LogP contribution in [0.5, 0.6) is 0 Å². The highest BCUT2D eigenvalue weighted by atomic mass is 35.5. The molecule has 2 aromatic rings. The van der Waals surface area contributed by atoms with Crippen molar-refractivity contribution < 1.29 is 51.1 Å². The molecule has 3 heterocycles. The van der Waals surface area contributed by atoms with Gasteiger partial charge in [-0.3, -0.25) is 38.5 Å². The summed E-state index contributed by atoms with van der Waals surface area (Å²) in [6.45, 7) is 6.21. The third-order valence-corrected chi connectivity index (χ3v) is 13.3. The first-order valence-electron chi connectivity index (χ1n) is 21.5. The van der Waals surface area contributed by atoms with Crippen LogP contribution in [0.3, 0.4) is 0 Å². The van der Waals surface area contributed by atoms with Crippen LogP contribution in [-0.2, 0) is 40.0 Å². The summed E-state index contributed by atoms with van der Waals surface area (Å²) in [4.78, 5) is 105. The van der Waals surface area contributed by atoms with Gasteiger partial charge in [0, 0.05) is 44.7 Å². The number of carbonyl (C=O) groups excluding carboxylic acids is 7. The van der Waals surface area contributed by atoms with E-state index in [0.29, 0.717) is 28.3 Å². The molecule has 1 saturated carbocycles. The van der Waals surface area contributed by atoms with Crippen molar-refractivity contribution in [2.45, 2.75) is 134 Å². The average molecular weight is 941 g/mol. The van der Waals surface area contributed by atoms with Gasteiger partial charge in [0.1, 0.15) is 47.8 Å². The van der Waals surface area contributed by atoms with E-state index in [4.69, 9.17) is 11.6 Å². The van der Waals surface area contributed by atoms with Gasteiger partial charge < -0.3 is 36.0 Å². The first kappa shape index (κ1) is 50.2. The fourth-order valence-electron chi connectivity index (χ4n) is 8.28. The van der Waals surface area contributed by atoms with Crippen LogP contribution in [-0.4, -0.2) is 137 Å². The largest absolute Gasteiger partial charge is 0.403 e. The van der Waals surface area contributed by atoms with Gasteiger partial charge in [0.2, 0.25) is 41.4 Å². The van der Waals surface area contributed by atoms with Crippen molar-refractivity contribution in [1.82, 2.24) is 41.0 Å². The van der Waals surface area contributed by atoms with E-state index in [9.17, 15) is 51.1 Å². The third kappa shape index (κ3) is 11.5. The van der Waals surface area contributed by atoms with E-state index >= 15 is 0 Å². The molecule has 3 fully saturated rings. The van der Waals surface area contributed by atoms with Gasteiger partial charge in [0.05, 0.1) is 16.9 Å². The molecule has 352 valence electrons. The van der Waals surface area contributed by atoms with E-state index in [1.165, 1.54) is 37.3 Å². The lowest BCUT2D eigenvalue weighted by atomic mass is 9.96. The second-order valence-corrected chi connectivity index (χ2v) is 18.7. The highest BCUT2D eigenvalue weighted by molar-refractivity contribution is 7.13. The molecular weight excluding hydrogens is 884 g/mol. The number of nitrogens with zero attached hydrogens (tertiary/aromatic N) is 4. The molecule has 7 amide bonds.